The van der Waals surface area contributed by atoms with Gasteiger partial charge in [-0.05, 0) is 29.3 Å². The fourth-order valence-electron chi connectivity index (χ4n) is 2.57. The van der Waals surface area contributed by atoms with Crippen molar-refractivity contribution in [3.63, 3.8) is 0 Å². The number of halogens is 1. The summed E-state index contributed by atoms with van der Waals surface area (Å²) in [6.07, 6.45) is 4.13. The molecule has 1 atom stereocenters. The Morgan fingerprint density at radius 2 is 2.00 bits per heavy atom. The number of benzene rings is 2. The SMILES string of the molecule is COC(=O)[C@@H](Cc1c[nH]c2ccccc12)N=Cc1ccc(Br)cc1. The number of aromatic amines is 1. The molecule has 0 spiro atoms. The Morgan fingerprint density at radius 3 is 2.75 bits per heavy atom. The highest BCUT2D eigenvalue weighted by molar-refractivity contribution is 9.10. The number of fused-ring (bicyclic) bond motifs is 1. The van der Waals surface area contributed by atoms with Gasteiger partial charge in [0.15, 0.2) is 6.04 Å². The first-order valence-electron chi connectivity index (χ1n) is 7.59. The molecule has 1 aromatic heterocycles. The molecular weight excluding hydrogens is 368 g/mol. The van der Waals surface area contributed by atoms with Crippen molar-refractivity contribution >= 4 is 39.0 Å². The zero-order chi connectivity index (χ0) is 16.9. The summed E-state index contributed by atoms with van der Waals surface area (Å²) in [5.41, 5.74) is 3.04. The van der Waals surface area contributed by atoms with Crippen LogP contribution in [0, 0.1) is 0 Å². The molecule has 0 saturated carbocycles. The summed E-state index contributed by atoms with van der Waals surface area (Å²) in [7, 11) is 1.39. The van der Waals surface area contributed by atoms with E-state index in [9.17, 15) is 4.79 Å². The molecule has 0 aliphatic heterocycles. The minimum Gasteiger partial charge on any atom is -0.467 e. The predicted octanol–water partition coefficient (Wildman–Crippen LogP) is 4.13. The fourth-order valence-corrected chi connectivity index (χ4v) is 2.83. The van der Waals surface area contributed by atoms with Crippen LogP contribution >= 0.6 is 15.9 Å². The molecule has 3 rings (SSSR count). The summed E-state index contributed by atoms with van der Waals surface area (Å²) in [6.45, 7) is 0. The Balaban J connectivity index is 1.84. The maximum absolute atomic E-state index is 12.1. The highest BCUT2D eigenvalue weighted by Crippen LogP contribution is 2.20. The summed E-state index contributed by atoms with van der Waals surface area (Å²) < 4.78 is 5.91. The van der Waals surface area contributed by atoms with Gasteiger partial charge in [-0.3, -0.25) is 4.99 Å². The second-order valence-electron chi connectivity index (χ2n) is 5.43. The molecule has 2 aromatic carbocycles. The molecule has 0 fully saturated rings. The van der Waals surface area contributed by atoms with E-state index in [-0.39, 0.29) is 5.97 Å². The van der Waals surface area contributed by atoms with Gasteiger partial charge in [0.1, 0.15) is 0 Å². The first-order valence-corrected chi connectivity index (χ1v) is 8.38. The molecule has 1 heterocycles. The average molecular weight is 385 g/mol. The maximum atomic E-state index is 12.1. The van der Waals surface area contributed by atoms with Crippen molar-refractivity contribution in [2.45, 2.75) is 12.5 Å². The quantitative estimate of drug-likeness (QED) is 0.530. The molecule has 0 radical (unpaired) electrons. The van der Waals surface area contributed by atoms with Gasteiger partial charge in [-0.15, -0.1) is 0 Å². The van der Waals surface area contributed by atoms with E-state index in [1.54, 1.807) is 6.21 Å². The van der Waals surface area contributed by atoms with Crippen molar-refractivity contribution < 1.29 is 9.53 Å². The van der Waals surface area contributed by atoms with Crippen LogP contribution in [0.2, 0.25) is 0 Å². The third-order valence-corrected chi connectivity index (χ3v) is 4.36. The molecule has 24 heavy (non-hydrogen) atoms. The Labute approximate surface area is 148 Å². The van der Waals surface area contributed by atoms with Gasteiger partial charge in [0.2, 0.25) is 0 Å². The fraction of sp³-hybridized carbons (Fsp3) is 0.158. The highest BCUT2D eigenvalue weighted by Gasteiger charge is 2.19. The first kappa shape index (κ1) is 16.5. The van der Waals surface area contributed by atoms with Crippen molar-refractivity contribution in [1.29, 1.82) is 0 Å². The largest absolute Gasteiger partial charge is 0.467 e. The number of H-pyrrole nitrogens is 1. The number of aromatic nitrogens is 1. The zero-order valence-corrected chi connectivity index (χ0v) is 14.8. The molecule has 1 N–H and O–H groups in total. The van der Waals surface area contributed by atoms with Crippen molar-refractivity contribution in [3.8, 4) is 0 Å². The summed E-state index contributed by atoms with van der Waals surface area (Å²) in [4.78, 5) is 19.8. The first-order chi connectivity index (χ1) is 11.7. The highest BCUT2D eigenvalue weighted by atomic mass is 79.9. The van der Waals surface area contributed by atoms with E-state index >= 15 is 0 Å². The van der Waals surface area contributed by atoms with Crippen LogP contribution in [0.1, 0.15) is 11.1 Å². The van der Waals surface area contributed by atoms with E-state index < -0.39 is 6.04 Å². The number of methoxy groups -OCH3 is 1. The number of carbonyl (C=O) groups excluding carboxylic acids is 1. The number of hydrogen-bond donors (Lipinski definition) is 1. The van der Waals surface area contributed by atoms with Crippen molar-refractivity contribution in [1.82, 2.24) is 4.98 Å². The van der Waals surface area contributed by atoms with Crippen molar-refractivity contribution in [2.24, 2.45) is 4.99 Å². The van der Waals surface area contributed by atoms with Crippen LogP contribution in [0.3, 0.4) is 0 Å². The Hall–Kier alpha value is -2.40. The van der Waals surface area contributed by atoms with E-state index in [0.29, 0.717) is 6.42 Å². The van der Waals surface area contributed by atoms with Crippen LogP contribution in [0.25, 0.3) is 10.9 Å². The van der Waals surface area contributed by atoms with Crippen LogP contribution in [0.5, 0.6) is 0 Å². The molecule has 4 nitrogen and oxygen atoms in total. The lowest BCUT2D eigenvalue weighted by Crippen LogP contribution is -2.23. The summed E-state index contributed by atoms with van der Waals surface area (Å²) in [5, 5.41) is 1.10. The van der Waals surface area contributed by atoms with Crippen LogP contribution < -0.4 is 0 Å². The zero-order valence-electron chi connectivity index (χ0n) is 13.2. The molecule has 0 aliphatic rings. The van der Waals surface area contributed by atoms with Crippen molar-refractivity contribution in [3.05, 3.63) is 70.3 Å². The van der Waals surface area contributed by atoms with E-state index in [4.69, 9.17) is 4.74 Å². The molecule has 0 bridgehead atoms. The number of nitrogens with one attached hydrogen (secondary N) is 1. The third kappa shape index (κ3) is 3.74. The molecule has 3 aromatic rings. The van der Waals surface area contributed by atoms with Crippen LogP contribution in [-0.2, 0) is 16.0 Å². The normalized spacial score (nSPS) is 12.6. The van der Waals surface area contributed by atoms with Gasteiger partial charge in [0.25, 0.3) is 0 Å². The Kier molecular flexibility index (Phi) is 5.11. The maximum Gasteiger partial charge on any atom is 0.330 e. The number of aliphatic imine (C=N–C) groups is 1. The monoisotopic (exact) mass is 384 g/mol. The summed E-state index contributed by atoms with van der Waals surface area (Å²) in [6, 6.07) is 15.2. The standard InChI is InChI=1S/C19H17BrN2O2/c1-24-19(23)18(21-11-13-6-8-15(20)9-7-13)10-14-12-22-17-5-3-2-4-16(14)17/h2-9,11-12,18,22H,10H2,1H3/t18-/m1/s1. The molecule has 0 aliphatic carbocycles. The molecular formula is C19H17BrN2O2. The lowest BCUT2D eigenvalue weighted by Gasteiger charge is -2.09. The molecule has 5 heteroatoms. The molecule has 0 unspecified atom stereocenters. The second kappa shape index (κ2) is 7.45. The number of nitrogens with zero attached hydrogens (tertiary/aromatic N) is 1. The summed E-state index contributed by atoms with van der Waals surface area (Å²) in [5.74, 6) is -0.339. The third-order valence-electron chi connectivity index (χ3n) is 3.83. The van der Waals surface area contributed by atoms with Crippen LogP contribution in [0.4, 0.5) is 0 Å². The minimum absolute atomic E-state index is 0.339. The topological polar surface area (TPSA) is 54.5 Å². The van der Waals surface area contributed by atoms with Crippen LogP contribution in [-0.4, -0.2) is 30.3 Å². The van der Waals surface area contributed by atoms with Gasteiger partial charge < -0.3 is 9.72 Å². The summed E-state index contributed by atoms with van der Waals surface area (Å²) >= 11 is 3.40. The number of esters is 1. The molecule has 0 amide bonds. The predicted molar refractivity (Wildman–Crippen MR) is 99.5 cm³/mol. The van der Waals surface area contributed by atoms with Crippen molar-refractivity contribution in [2.75, 3.05) is 7.11 Å². The van der Waals surface area contributed by atoms with Gasteiger partial charge in [0, 0.05) is 34.2 Å². The van der Waals surface area contributed by atoms with Gasteiger partial charge in [-0.1, -0.05) is 46.3 Å². The lowest BCUT2D eigenvalue weighted by molar-refractivity contribution is -0.142. The smallest absolute Gasteiger partial charge is 0.330 e. The number of hydrogen-bond acceptors (Lipinski definition) is 3. The van der Waals surface area contributed by atoms with Gasteiger partial charge in [0.05, 0.1) is 7.11 Å². The molecule has 0 saturated heterocycles. The van der Waals surface area contributed by atoms with Gasteiger partial charge in [-0.2, -0.15) is 0 Å². The van der Waals surface area contributed by atoms with E-state index in [2.05, 4.69) is 25.9 Å². The Bertz CT molecular complexity index is 868. The number of para-hydroxylation sites is 1. The minimum atomic E-state index is -0.571. The number of ether oxygens (including phenoxy) is 1. The number of rotatable bonds is 5. The van der Waals surface area contributed by atoms with E-state index in [1.807, 2.05) is 54.7 Å². The Morgan fingerprint density at radius 1 is 1.25 bits per heavy atom. The van der Waals surface area contributed by atoms with Gasteiger partial charge >= 0.3 is 5.97 Å². The van der Waals surface area contributed by atoms with E-state index in [1.165, 1.54) is 7.11 Å². The number of carbonyl (C=O) groups is 1. The van der Waals surface area contributed by atoms with Gasteiger partial charge in [-0.25, -0.2) is 4.79 Å². The van der Waals surface area contributed by atoms with E-state index in [0.717, 1.165) is 26.5 Å². The van der Waals surface area contributed by atoms with Crippen LogP contribution in [0.15, 0.2) is 64.2 Å². The lowest BCUT2D eigenvalue weighted by atomic mass is 10.1. The average Bonchev–Trinajstić information content (AvgIpc) is 3.02. The molecule has 122 valence electrons. The second-order valence-corrected chi connectivity index (χ2v) is 6.35.